The zero-order valence-electron chi connectivity index (χ0n) is 19.5. The Morgan fingerprint density at radius 2 is 1.75 bits per heavy atom. The number of aromatic nitrogens is 1. The van der Waals surface area contributed by atoms with Crippen molar-refractivity contribution in [2.24, 2.45) is 0 Å². The van der Waals surface area contributed by atoms with Crippen LogP contribution in [-0.4, -0.2) is 37.2 Å². The van der Waals surface area contributed by atoms with Gasteiger partial charge in [0.15, 0.2) is 9.84 Å². The van der Waals surface area contributed by atoms with Gasteiger partial charge in [-0.3, -0.25) is 4.79 Å². The molecule has 0 saturated heterocycles. The number of carbonyl (C=O) groups excluding carboxylic acids is 1. The number of halogens is 3. The van der Waals surface area contributed by atoms with Crippen molar-refractivity contribution in [3.05, 3.63) is 70.9 Å². The second-order valence-electron chi connectivity index (χ2n) is 9.16. The van der Waals surface area contributed by atoms with Crippen molar-refractivity contribution in [3.63, 3.8) is 0 Å². The second kappa shape index (κ2) is 9.22. The number of amides is 1. The van der Waals surface area contributed by atoms with Crippen LogP contribution in [0.4, 0.5) is 13.2 Å². The fourth-order valence-electron chi connectivity index (χ4n) is 3.89. The van der Waals surface area contributed by atoms with Crippen molar-refractivity contribution in [2.45, 2.75) is 55.7 Å². The minimum atomic E-state index is -4.73. The standard InChI is InChI=1S/C24H25F3N2O5S2/c1-15(2)36(33,34)29-10-9-17-12-18(5-8-22(17)29)23(30)28-13-19-4-3-16(11-21(19)24(25,26)27)14-35(31,32)20-6-7-20/h3-5,8-12,15,20H,6-7,13-14H2,1-2H3,(H,28,30). The highest BCUT2D eigenvalue weighted by molar-refractivity contribution is 7.91. The lowest BCUT2D eigenvalue weighted by Crippen LogP contribution is -2.25. The van der Waals surface area contributed by atoms with E-state index in [1.165, 1.54) is 36.5 Å². The minimum Gasteiger partial charge on any atom is -0.348 e. The fraction of sp³-hybridized carbons (Fsp3) is 0.375. The van der Waals surface area contributed by atoms with Gasteiger partial charge < -0.3 is 5.32 Å². The number of benzene rings is 2. The highest BCUT2D eigenvalue weighted by atomic mass is 32.2. The van der Waals surface area contributed by atoms with Gasteiger partial charge in [-0.1, -0.05) is 12.1 Å². The van der Waals surface area contributed by atoms with E-state index in [1.54, 1.807) is 19.9 Å². The first kappa shape index (κ1) is 26.2. The van der Waals surface area contributed by atoms with Gasteiger partial charge >= 0.3 is 6.18 Å². The van der Waals surface area contributed by atoms with Crippen LogP contribution in [0.25, 0.3) is 10.9 Å². The molecule has 1 aliphatic rings. The molecular weight excluding hydrogens is 517 g/mol. The van der Waals surface area contributed by atoms with Crippen molar-refractivity contribution in [2.75, 3.05) is 0 Å². The number of nitrogens with one attached hydrogen (secondary N) is 1. The van der Waals surface area contributed by atoms with Crippen LogP contribution in [0.15, 0.2) is 48.7 Å². The van der Waals surface area contributed by atoms with E-state index in [0.29, 0.717) is 23.7 Å². The van der Waals surface area contributed by atoms with Gasteiger partial charge in [0.25, 0.3) is 5.91 Å². The van der Waals surface area contributed by atoms with E-state index in [1.807, 2.05) is 0 Å². The smallest absolute Gasteiger partial charge is 0.348 e. The van der Waals surface area contributed by atoms with Crippen LogP contribution < -0.4 is 5.32 Å². The number of carbonyl (C=O) groups is 1. The lowest BCUT2D eigenvalue weighted by molar-refractivity contribution is -0.138. The van der Waals surface area contributed by atoms with E-state index in [9.17, 15) is 34.8 Å². The predicted molar refractivity (Wildman–Crippen MR) is 130 cm³/mol. The summed E-state index contributed by atoms with van der Waals surface area (Å²) in [4.78, 5) is 12.7. The molecule has 0 aliphatic heterocycles. The fourth-order valence-corrected chi connectivity index (χ4v) is 6.75. The van der Waals surface area contributed by atoms with Crippen molar-refractivity contribution in [1.29, 1.82) is 0 Å². The van der Waals surface area contributed by atoms with E-state index in [2.05, 4.69) is 5.32 Å². The molecule has 1 aliphatic carbocycles. The lowest BCUT2D eigenvalue weighted by Gasteiger charge is -2.15. The highest BCUT2D eigenvalue weighted by Gasteiger charge is 2.37. The van der Waals surface area contributed by atoms with Gasteiger partial charge in [-0.25, -0.2) is 20.8 Å². The molecule has 0 bridgehead atoms. The summed E-state index contributed by atoms with van der Waals surface area (Å²) >= 11 is 0. The number of alkyl halides is 3. The number of nitrogens with zero attached hydrogens (tertiary/aromatic N) is 1. The summed E-state index contributed by atoms with van der Waals surface area (Å²) in [6, 6.07) is 9.23. The minimum absolute atomic E-state index is 0.0515. The maximum atomic E-state index is 13.7. The molecule has 7 nitrogen and oxygen atoms in total. The summed E-state index contributed by atoms with van der Waals surface area (Å²) < 4.78 is 91.6. The Kier molecular flexibility index (Phi) is 6.71. The predicted octanol–water partition coefficient (Wildman–Crippen LogP) is 4.25. The molecule has 0 radical (unpaired) electrons. The summed E-state index contributed by atoms with van der Waals surface area (Å²) in [5.74, 6) is -1.09. The average molecular weight is 543 g/mol. The van der Waals surface area contributed by atoms with E-state index in [0.717, 1.165) is 10.0 Å². The summed E-state index contributed by atoms with van der Waals surface area (Å²) in [5, 5.41) is 1.82. The van der Waals surface area contributed by atoms with Crippen LogP contribution in [0.1, 0.15) is 53.7 Å². The zero-order chi connectivity index (χ0) is 26.5. The quantitative estimate of drug-likeness (QED) is 0.459. The third-order valence-corrected chi connectivity index (χ3v) is 10.4. The molecule has 0 atom stereocenters. The number of rotatable bonds is 8. The topological polar surface area (TPSA) is 102 Å². The van der Waals surface area contributed by atoms with Gasteiger partial charge in [0, 0.05) is 23.7 Å². The van der Waals surface area contributed by atoms with Gasteiger partial charge in [-0.15, -0.1) is 0 Å². The zero-order valence-corrected chi connectivity index (χ0v) is 21.2. The monoisotopic (exact) mass is 542 g/mol. The van der Waals surface area contributed by atoms with Gasteiger partial charge in [-0.2, -0.15) is 13.2 Å². The first-order valence-electron chi connectivity index (χ1n) is 11.2. The maximum absolute atomic E-state index is 13.7. The van der Waals surface area contributed by atoms with Gasteiger partial charge in [-0.05, 0) is 68.1 Å². The van der Waals surface area contributed by atoms with Gasteiger partial charge in [0.2, 0.25) is 10.0 Å². The summed E-state index contributed by atoms with van der Waals surface area (Å²) in [6.07, 6.45) is -2.28. The molecule has 0 unspecified atom stereocenters. The Hall–Kier alpha value is -2.86. The average Bonchev–Trinajstić information content (AvgIpc) is 3.57. The first-order chi connectivity index (χ1) is 16.7. The number of hydrogen-bond donors (Lipinski definition) is 1. The molecule has 4 rings (SSSR count). The van der Waals surface area contributed by atoms with Crippen LogP contribution in [0.2, 0.25) is 0 Å². The van der Waals surface area contributed by atoms with E-state index in [4.69, 9.17) is 0 Å². The Morgan fingerprint density at radius 3 is 2.36 bits per heavy atom. The second-order valence-corrected chi connectivity index (χ2v) is 13.8. The molecule has 1 amide bonds. The molecule has 0 spiro atoms. The molecule has 1 N–H and O–H groups in total. The Morgan fingerprint density at radius 1 is 1.06 bits per heavy atom. The maximum Gasteiger partial charge on any atom is 0.416 e. The van der Waals surface area contributed by atoms with Gasteiger partial charge in [0.05, 0.1) is 27.3 Å². The van der Waals surface area contributed by atoms with E-state index < -0.39 is 60.3 Å². The highest BCUT2D eigenvalue weighted by Crippen LogP contribution is 2.35. The number of hydrogen-bond acceptors (Lipinski definition) is 5. The third-order valence-electron chi connectivity index (χ3n) is 6.11. The molecule has 12 heteroatoms. The van der Waals surface area contributed by atoms with E-state index >= 15 is 0 Å². The largest absolute Gasteiger partial charge is 0.416 e. The number of fused-ring (bicyclic) bond motifs is 1. The van der Waals surface area contributed by atoms with Crippen molar-refractivity contribution in [3.8, 4) is 0 Å². The Labute approximate surface area is 207 Å². The van der Waals surface area contributed by atoms with Crippen molar-refractivity contribution < 1.29 is 34.8 Å². The number of sulfone groups is 1. The molecule has 1 saturated carbocycles. The molecule has 2 aromatic carbocycles. The van der Waals surface area contributed by atoms with Crippen LogP contribution in [-0.2, 0) is 38.3 Å². The summed E-state index contributed by atoms with van der Waals surface area (Å²) in [6.45, 7) is 2.68. The Bertz CT molecular complexity index is 1540. The van der Waals surface area contributed by atoms with Crippen LogP contribution in [0.5, 0.6) is 0 Å². The summed E-state index contributed by atoms with van der Waals surface area (Å²) in [5.41, 5.74) is -0.605. The first-order valence-corrected chi connectivity index (χ1v) is 14.5. The van der Waals surface area contributed by atoms with Gasteiger partial charge in [0.1, 0.15) is 0 Å². The van der Waals surface area contributed by atoms with Crippen molar-refractivity contribution >= 4 is 36.7 Å². The molecule has 36 heavy (non-hydrogen) atoms. The third kappa shape index (κ3) is 5.29. The van der Waals surface area contributed by atoms with Crippen LogP contribution >= 0.6 is 0 Å². The van der Waals surface area contributed by atoms with Crippen LogP contribution in [0.3, 0.4) is 0 Å². The Balaban J connectivity index is 1.53. The molecule has 1 aromatic heterocycles. The molecule has 194 valence electrons. The van der Waals surface area contributed by atoms with Crippen LogP contribution in [0, 0.1) is 0 Å². The molecule has 3 aromatic rings. The molecule has 1 fully saturated rings. The SMILES string of the molecule is CC(C)S(=O)(=O)n1ccc2cc(C(=O)NCc3ccc(CS(=O)(=O)C4CC4)cc3C(F)(F)F)ccc21. The van der Waals surface area contributed by atoms with Crippen molar-refractivity contribution in [1.82, 2.24) is 9.29 Å². The van der Waals surface area contributed by atoms with E-state index in [-0.39, 0.29) is 16.7 Å². The molecule has 1 heterocycles. The lowest BCUT2D eigenvalue weighted by atomic mass is 10.0. The summed E-state index contributed by atoms with van der Waals surface area (Å²) in [7, 11) is -7.09. The molecular formula is C24H25F3N2O5S2. The normalized spacial score (nSPS) is 14.9.